The van der Waals surface area contributed by atoms with Crippen LogP contribution in [0.5, 0.6) is 5.75 Å². The van der Waals surface area contributed by atoms with E-state index in [1.807, 2.05) is 6.07 Å². The molecule has 0 bridgehead atoms. The van der Waals surface area contributed by atoms with Crippen LogP contribution in [0.3, 0.4) is 0 Å². The Morgan fingerprint density at radius 2 is 2.16 bits per heavy atom. The van der Waals surface area contributed by atoms with Gasteiger partial charge in [-0.2, -0.15) is 0 Å². The lowest BCUT2D eigenvalue weighted by Gasteiger charge is -2.11. The van der Waals surface area contributed by atoms with Crippen LogP contribution in [0.2, 0.25) is 0 Å². The van der Waals surface area contributed by atoms with Gasteiger partial charge in [0.25, 0.3) is 0 Å². The molecule has 5 heteroatoms. The molecule has 1 atom stereocenters. The summed E-state index contributed by atoms with van der Waals surface area (Å²) in [5.41, 5.74) is 1.59. The molecule has 4 nitrogen and oxygen atoms in total. The van der Waals surface area contributed by atoms with Crippen LogP contribution in [0.25, 0.3) is 0 Å². The van der Waals surface area contributed by atoms with Gasteiger partial charge in [0.05, 0.1) is 12.2 Å². The van der Waals surface area contributed by atoms with Gasteiger partial charge < -0.3 is 9.84 Å². The van der Waals surface area contributed by atoms with Gasteiger partial charge in [0.15, 0.2) is 5.78 Å². The van der Waals surface area contributed by atoms with E-state index in [1.165, 1.54) is 0 Å². The molecule has 0 aliphatic carbocycles. The fourth-order valence-electron chi connectivity index (χ4n) is 2.27. The molecule has 19 heavy (non-hydrogen) atoms. The van der Waals surface area contributed by atoms with Crippen molar-refractivity contribution in [1.82, 2.24) is 0 Å². The van der Waals surface area contributed by atoms with Crippen molar-refractivity contribution < 1.29 is 19.4 Å². The summed E-state index contributed by atoms with van der Waals surface area (Å²) in [5, 5.41) is 8.72. The van der Waals surface area contributed by atoms with Crippen LogP contribution < -0.4 is 4.74 Å². The average molecular weight is 327 g/mol. The van der Waals surface area contributed by atoms with Gasteiger partial charge in [-0.25, -0.2) is 0 Å². The summed E-state index contributed by atoms with van der Waals surface area (Å²) in [7, 11) is 0. The Morgan fingerprint density at radius 3 is 2.84 bits per heavy atom. The molecule has 1 aromatic rings. The summed E-state index contributed by atoms with van der Waals surface area (Å²) in [6, 6.07) is 3.71. The lowest BCUT2D eigenvalue weighted by atomic mass is 9.95. The second-order valence-corrected chi connectivity index (χ2v) is 5.79. The van der Waals surface area contributed by atoms with E-state index < -0.39 is 5.97 Å². The van der Waals surface area contributed by atoms with E-state index >= 15 is 0 Å². The number of halogens is 1. The molecule has 0 saturated carbocycles. The summed E-state index contributed by atoms with van der Waals surface area (Å²) < 4.78 is 6.36. The van der Waals surface area contributed by atoms with Crippen LogP contribution >= 0.6 is 15.9 Å². The molecule has 0 fully saturated rings. The molecule has 0 radical (unpaired) electrons. The summed E-state index contributed by atoms with van der Waals surface area (Å²) in [6.07, 6.45) is 1.03. The number of hydrogen-bond donors (Lipinski definition) is 1. The number of carboxylic acid groups (broad SMARTS) is 1. The van der Waals surface area contributed by atoms with E-state index in [2.05, 4.69) is 15.9 Å². The van der Waals surface area contributed by atoms with E-state index in [-0.39, 0.29) is 24.5 Å². The second kappa shape index (κ2) is 5.74. The molecule has 0 spiro atoms. The Kier molecular flexibility index (Phi) is 4.24. The third kappa shape index (κ3) is 3.35. The largest absolute Gasteiger partial charge is 0.492 e. The van der Waals surface area contributed by atoms with Gasteiger partial charge in [-0.3, -0.25) is 9.59 Å². The molecule has 1 heterocycles. The highest BCUT2D eigenvalue weighted by atomic mass is 79.9. The quantitative estimate of drug-likeness (QED) is 0.844. The van der Waals surface area contributed by atoms with Crippen molar-refractivity contribution in [1.29, 1.82) is 0 Å². The molecule has 1 unspecified atom stereocenters. The first kappa shape index (κ1) is 14.1. The molecule has 2 rings (SSSR count). The van der Waals surface area contributed by atoms with E-state index in [4.69, 9.17) is 9.84 Å². The lowest BCUT2D eigenvalue weighted by molar-refractivity contribution is -0.137. The summed E-state index contributed by atoms with van der Waals surface area (Å²) >= 11 is 3.39. The predicted octanol–water partition coefficient (Wildman–Crippen LogP) is 3.07. The number of carbonyl (C=O) groups excluding carboxylic acids is 1. The summed E-state index contributed by atoms with van der Waals surface area (Å²) in [5.74, 6) is -0.457. The summed E-state index contributed by atoms with van der Waals surface area (Å²) in [6.45, 7) is 2.36. The normalized spacial score (nSPS) is 14.6. The third-order valence-corrected chi connectivity index (χ3v) is 3.56. The van der Waals surface area contributed by atoms with Crippen molar-refractivity contribution in [2.45, 2.75) is 26.2 Å². The third-order valence-electron chi connectivity index (χ3n) is 3.11. The Balaban J connectivity index is 2.18. The van der Waals surface area contributed by atoms with E-state index in [9.17, 15) is 9.59 Å². The number of Topliss-reactive ketones (excluding diaryl/α,β-unsaturated/α-hetero) is 1. The lowest BCUT2D eigenvalue weighted by Crippen LogP contribution is -2.11. The maximum Gasteiger partial charge on any atom is 0.303 e. The van der Waals surface area contributed by atoms with Crippen molar-refractivity contribution >= 4 is 27.7 Å². The number of ketones is 1. The Labute approximate surface area is 119 Å². The number of aliphatic carboxylic acids is 1. The van der Waals surface area contributed by atoms with E-state index in [0.29, 0.717) is 17.9 Å². The van der Waals surface area contributed by atoms with Crippen LogP contribution in [0, 0.1) is 5.92 Å². The van der Waals surface area contributed by atoms with E-state index in [1.54, 1.807) is 13.0 Å². The van der Waals surface area contributed by atoms with E-state index in [0.717, 1.165) is 16.5 Å². The van der Waals surface area contributed by atoms with Gasteiger partial charge in [0.2, 0.25) is 0 Å². The Bertz CT molecular complexity index is 524. The minimum Gasteiger partial charge on any atom is -0.492 e. The Morgan fingerprint density at radius 1 is 1.42 bits per heavy atom. The monoisotopic (exact) mass is 326 g/mol. The molecule has 1 N–H and O–H groups in total. The first-order valence-electron chi connectivity index (χ1n) is 6.17. The number of fused-ring (bicyclic) bond motifs is 1. The van der Waals surface area contributed by atoms with Crippen LogP contribution in [0.4, 0.5) is 0 Å². The molecular formula is C14H15BrO4. The molecule has 102 valence electrons. The number of carbonyl (C=O) groups is 2. The van der Waals surface area contributed by atoms with Crippen molar-refractivity contribution in [3.05, 3.63) is 27.7 Å². The van der Waals surface area contributed by atoms with Crippen molar-refractivity contribution in [3.8, 4) is 5.75 Å². The fourth-order valence-corrected chi connectivity index (χ4v) is 2.78. The summed E-state index contributed by atoms with van der Waals surface area (Å²) in [4.78, 5) is 22.9. The smallest absolute Gasteiger partial charge is 0.303 e. The number of rotatable bonds is 5. The van der Waals surface area contributed by atoms with Gasteiger partial charge >= 0.3 is 5.97 Å². The van der Waals surface area contributed by atoms with Gasteiger partial charge in [-0.1, -0.05) is 22.9 Å². The molecule has 1 aliphatic rings. The SMILES string of the molecule is CC(CC(=O)O)CC(=O)c1cc(Br)cc2c1OCC2. The minimum absolute atomic E-state index is 0.00277. The van der Waals surface area contributed by atoms with Crippen LogP contribution in [0.15, 0.2) is 16.6 Å². The number of benzene rings is 1. The molecule has 0 amide bonds. The first-order chi connectivity index (χ1) is 8.97. The zero-order valence-electron chi connectivity index (χ0n) is 10.6. The fraction of sp³-hybridized carbons (Fsp3) is 0.429. The van der Waals surface area contributed by atoms with Crippen LogP contribution in [-0.4, -0.2) is 23.5 Å². The van der Waals surface area contributed by atoms with Gasteiger partial charge in [-0.15, -0.1) is 0 Å². The highest BCUT2D eigenvalue weighted by Crippen LogP contribution is 2.34. The van der Waals surface area contributed by atoms with Gasteiger partial charge in [0.1, 0.15) is 5.75 Å². The van der Waals surface area contributed by atoms with Crippen molar-refractivity contribution in [3.63, 3.8) is 0 Å². The predicted molar refractivity (Wildman–Crippen MR) is 73.7 cm³/mol. The molecule has 0 aromatic heterocycles. The first-order valence-corrected chi connectivity index (χ1v) is 6.97. The topological polar surface area (TPSA) is 63.6 Å². The molecule has 1 aliphatic heterocycles. The number of carboxylic acids is 1. The highest BCUT2D eigenvalue weighted by molar-refractivity contribution is 9.10. The van der Waals surface area contributed by atoms with Crippen molar-refractivity contribution in [2.75, 3.05) is 6.61 Å². The zero-order valence-corrected chi connectivity index (χ0v) is 12.2. The van der Waals surface area contributed by atoms with Crippen molar-refractivity contribution in [2.24, 2.45) is 5.92 Å². The maximum absolute atomic E-state index is 12.3. The number of ether oxygens (including phenoxy) is 1. The standard InChI is InChI=1S/C14H15BrO4/c1-8(5-13(17)18)4-12(16)11-7-10(15)6-9-2-3-19-14(9)11/h6-8H,2-5H2,1H3,(H,17,18). The maximum atomic E-state index is 12.3. The van der Waals surface area contributed by atoms with Gasteiger partial charge in [0, 0.05) is 23.7 Å². The molecule has 1 aromatic carbocycles. The Hall–Kier alpha value is -1.36. The molecular weight excluding hydrogens is 312 g/mol. The molecule has 0 saturated heterocycles. The number of hydrogen-bond acceptors (Lipinski definition) is 3. The van der Waals surface area contributed by atoms with Crippen LogP contribution in [-0.2, 0) is 11.2 Å². The highest BCUT2D eigenvalue weighted by Gasteiger charge is 2.23. The zero-order chi connectivity index (χ0) is 14.0. The van der Waals surface area contributed by atoms with Crippen LogP contribution in [0.1, 0.15) is 35.7 Å². The second-order valence-electron chi connectivity index (χ2n) is 4.87. The minimum atomic E-state index is -0.879. The van der Waals surface area contributed by atoms with Gasteiger partial charge in [-0.05, 0) is 23.6 Å². The average Bonchev–Trinajstić information content (AvgIpc) is 2.73.